The molecule has 0 bridgehead atoms. The van der Waals surface area contributed by atoms with E-state index in [-0.39, 0.29) is 10.6 Å². The second kappa shape index (κ2) is 4.83. The van der Waals surface area contributed by atoms with Gasteiger partial charge in [-0.1, -0.05) is 11.6 Å². The molecule has 0 aromatic heterocycles. The monoisotopic (exact) mass is 215 g/mol. The molecule has 1 aromatic carbocycles. The molecule has 0 aliphatic rings. The molecule has 5 heteroatoms. The molecule has 0 radical (unpaired) electrons. The SMILES string of the molecule is NCCOc1ccc(C(=O)O)cc1Cl. The van der Waals surface area contributed by atoms with Crippen LogP contribution >= 0.6 is 11.6 Å². The number of nitrogens with two attached hydrogens (primary N) is 1. The molecule has 0 atom stereocenters. The topological polar surface area (TPSA) is 72.5 Å². The highest BCUT2D eigenvalue weighted by Gasteiger charge is 2.07. The highest BCUT2D eigenvalue weighted by Crippen LogP contribution is 2.25. The van der Waals surface area contributed by atoms with Crippen LogP contribution in [0.3, 0.4) is 0 Å². The Morgan fingerprint density at radius 2 is 2.29 bits per heavy atom. The van der Waals surface area contributed by atoms with Crippen molar-refractivity contribution in [1.29, 1.82) is 0 Å². The summed E-state index contributed by atoms with van der Waals surface area (Å²) in [6, 6.07) is 4.29. The van der Waals surface area contributed by atoms with Crippen molar-refractivity contribution in [3.05, 3.63) is 28.8 Å². The van der Waals surface area contributed by atoms with Crippen LogP contribution in [0.1, 0.15) is 10.4 Å². The zero-order valence-electron chi connectivity index (χ0n) is 7.37. The normalized spacial score (nSPS) is 9.86. The molecule has 0 heterocycles. The van der Waals surface area contributed by atoms with Crippen molar-refractivity contribution in [3.63, 3.8) is 0 Å². The molecule has 0 aliphatic carbocycles. The van der Waals surface area contributed by atoms with Gasteiger partial charge in [0.15, 0.2) is 0 Å². The van der Waals surface area contributed by atoms with Gasteiger partial charge in [0.2, 0.25) is 0 Å². The fraction of sp³-hybridized carbons (Fsp3) is 0.222. The molecular formula is C9H10ClNO3. The maximum absolute atomic E-state index is 10.6. The van der Waals surface area contributed by atoms with Crippen molar-refractivity contribution in [1.82, 2.24) is 0 Å². The summed E-state index contributed by atoms with van der Waals surface area (Å²) >= 11 is 5.78. The molecule has 0 spiro atoms. The van der Waals surface area contributed by atoms with Crippen molar-refractivity contribution in [2.45, 2.75) is 0 Å². The summed E-state index contributed by atoms with van der Waals surface area (Å²) in [6.07, 6.45) is 0. The summed E-state index contributed by atoms with van der Waals surface area (Å²) in [6.45, 7) is 0.739. The van der Waals surface area contributed by atoms with E-state index >= 15 is 0 Å². The zero-order chi connectivity index (χ0) is 10.6. The number of aromatic carboxylic acids is 1. The predicted molar refractivity (Wildman–Crippen MR) is 53.0 cm³/mol. The molecule has 4 nitrogen and oxygen atoms in total. The summed E-state index contributed by atoms with van der Waals surface area (Å²) in [4.78, 5) is 10.6. The Labute approximate surface area is 86.2 Å². The van der Waals surface area contributed by atoms with Gasteiger partial charge in [-0.25, -0.2) is 4.79 Å². The van der Waals surface area contributed by atoms with E-state index in [1.54, 1.807) is 0 Å². The minimum atomic E-state index is -1.02. The van der Waals surface area contributed by atoms with Gasteiger partial charge in [0.25, 0.3) is 0 Å². The minimum absolute atomic E-state index is 0.134. The molecule has 1 aromatic rings. The Bertz CT molecular complexity index is 341. The number of hydrogen-bond acceptors (Lipinski definition) is 3. The Morgan fingerprint density at radius 1 is 1.57 bits per heavy atom. The molecule has 0 fully saturated rings. The summed E-state index contributed by atoms with van der Waals surface area (Å²) in [5.41, 5.74) is 5.38. The van der Waals surface area contributed by atoms with E-state index in [0.717, 1.165) is 0 Å². The number of benzene rings is 1. The van der Waals surface area contributed by atoms with Gasteiger partial charge in [-0.2, -0.15) is 0 Å². The maximum Gasteiger partial charge on any atom is 0.335 e. The molecule has 0 saturated heterocycles. The summed E-state index contributed by atoms with van der Waals surface area (Å²) in [5, 5.41) is 8.93. The highest BCUT2D eigenvalue weighted by atomic mass is 35.5. The van der Waals surface area contributed by atoms with E-state index in [1.807, 2.05) is 0 Å². The van der Waals surface area contributed by atoms with Crippen LogP contribution in [-0.2, 0) is 0 Å². The van der Waals surface area contributed by atoms with E-state index in [0.29, 0.717) is 18.9 Å². The molecule has 76 valence electrons. The highest BCUT2D eigenvalue weighted by molar-refractivity contribution is 6.32. The van der Waals surface area contributed by atoms with Crippen LogP contribution in [0.4, 0.5) is 0 Å². The van der Waals surface area contributed by atoms with Gasteiger partial charge in [-0.3, -0.25) is 0 Å². The largest absolute Gasteiger partial charge is 0.491 e. The number of carboxylic acid groups (broad SMARTS) is 1. The second-order valence-corrected chi connectivity index (χ2v) is 2.99. The number of halogens is 1. The predicted octanol–water partition coefficient (Wildman–Crippen LogP) is 1.38. The number of ether oxygens (including phenoxy) is 1. The van der Waals surface area contributed by atoms with Crippen molar-refractivity contribution in [3.8, 4) is 5.75 Å². The van der Waals surface area contributed by atoms with Gasteiger partial charge in [-0.15, -0.1) is 0 Å². The molecule has 0 aliphatic heterocycles. The smallest absolute Gasteiger partial charge is 0.335 e. The van der Waals surface area contributed by atoms with Crippen LogP contribution in [0.5, 0.6) is 5.75 Å². The third-order valence-corrected chi connectivity index (χ3v) is 1.85. The quantitative estimate of drug-likeness (QED) is 0.796. The molecule has 1 rings (SSSR count). The Morgan fingerprint density at radius 3 is 2.79 bits per heavy atom. The lowest BCUT2D eigenvalue weighted by molar-refractivity contribution is 0.0697. The van der Waals surface area contributed by atoms with Crippen LogP contribution < -0.4 is 10.5 Å². The van der Waals surface area contributed by atoms with Crippen molar-refractivity contribution in [2.24, 2.45) is 5.73 Å². The molecule has 0 amide bonds. The number of carbonyl (C=O) groups is 1. The maximum atomic E-state index is 10.6. The van der Waals surface area contributed by atoms with Gasteiger partial charge in [-0.05, 0) is 18.2 Å². The van der Waals surface area contributed by atoms with E-state index in [2.05, 4.69) is 0 Å². The Balaban J connectivity index is 2.84. The Kier molecular flexibility index (Phi) is 3.73. The third-order valence-electron chi connectivity index (χ3n) is 1.55. The fourth-order valence-electron chi connectivity index (χ4n) is 0.920. The summed E-state index contributed by atoms with van der Waals surface area (Å²) in [5.74, 6) is -0.570. The van der Waals surface area contributed by atoms with Crippen LogP contribution in [0.15, 0.2) is 18.2 Å². The van der Waals surface area contributed by atoms with Crippen molar-refractivity contribution in [2.75, 3.05) is 13.2 Å². The first-order chi connectivity index (χ1) is 6.65. The van der Waals surface area contributed by atoms with E-state index in [9.17, 15) is 4.79 Å². The number of carboxylic acids is 1. The lowest BCUT2D eigenvalue weighted by Crippen LogP contribution is -2.10. The van der Waals surface area contributed by atoms with E-state index < -0.39 is 5.97 Å². The van der Waals surface area contributed by atoms with Crippen molar-refractivity contribution >= 4 is 17.6 Å². The van der Waals surface area contributed by atoms with Crippen LogP contribution in [-0.4, -0.2) is 24.2 Å². The van der Waals surface area contributed by atoms with Gasteiger partial charge in [0.1, 0.15) is 12.4 Å². The second-order valence-electron chi connectivity index (χ2n) is 2.59. The first kappa shape index (κ1) is 10.8. The standard InChI is InChI=1S/C9H10ClNO3/c10-7-5-6(9(12)13)1-2-8(7)14-4-3-11/h1-2,5H,3-4,11H2,(H,12,13). The summed E-state index contributed by atoms with van der Waals surface area (Å²) < 4.78 is 5.17. The first-order valence-electron chi connectivity index (χ1n) is 4.01. The summed E-state index contributed by atoms with van der Waals surface area (Å²) in [7, 11) is 0. The van der Waals surface area contributed by atoms with Crippen LogP contribution in [0.25, 0.3) is 0 Å². The van der Waals surface area contributed by atoms with Gasteiger partial charge >= 0.3 is 5.97 Å². The first-order valence-corrected chi connectivity index (χ1v) is 4.38. The lowest BCUT2D eigenvalue weighted by Gasteiger charge is -2.06. The van der Waals surface area contributed by atoms with Crippen LogP contribution in [0, 0.1) is 0 Å². The third kappa shape index (κ3) is 2.61. The molecular weight excluding hydrogens is 206 g/mol. The fourth-order valence-corrected chi connectivity index (χ4v) is 1.15. The average Bonchev–Trinajstić information content (AvgIpc) is 2.15. The van der Waals surface area contributed by atoms with Crippen LogP contribution in [0.2, 0.25) is 5.02 Å². The van der Waals surface area contributed by atoms with Gasteiger partial charge < -0.3 is 15.6 Å². The average molecular weight is 216 g/mol. The minimum Gasteiger partial charge on any atom is -0.491 e. The Hall–Kier alpha value is -1.26. The van der Waals surface area contributed by atoms with Gasteiger partial charge in [0, 0.05) is 6.54 Å². The van der Waals surface area contributed by atoms with E-state index in [4.69, 9.17) is 27.2 Å². The van der Waals surface area contributed by atoms with Gasteiger partial charge in [0.05, 0.1) is 10.6 Å². The molecule has 0 saturated carbocycles. The zero-order valence-corrected chi connectivity index (χ0v) is 8.12. The molecule has 14 heavy (non-hydrogen) atoms. The molecule has 3 N–H and O–H groups in total. The van der Waals surface area contributed by atoms with Crippen molar-refractivity contribution < 1.29 is 14.6 Å². The number of hydrogen-bond donors (Lipinski definition) is 2. The van der Waals surface area contributed by atoms with E-state index in [1.165, 1.54) is 18.2 Å². The molecule has 0 unspecified atom stereocenters. The number of rotatable bonds is 4. The lowest BCUT2D eigenvalue weighted by atomic mass is 10.2.